The average molecular weight is 507 g/mol. The van der Waals surface area contributed by atoms with E-state index in [0.717, 1.165) is 80.5 Å². The van der Waals surface area contributed by atoms with Gasteiger partial charge in [-0.2, -0.15) is 5.10 Å². The maximum absolute atomic E-state index is 14.6. The Hall–Kier alpha value is -4.36. The third-order valence-electron chi connectivity index (χ3n) is 6.58. The largest absolute Gasteiger partial charge is 0.353 e. The summed E-state index contributed by atoms with van der Waals surface area (Å²) in [5.74, 6) is -0.249. The highest BCUT2D eigenvalue weighted by molar-refractivity contribution is 6.00. The molecule has 0 amide bonds. The maximum atomic E-state index is 14.6. The Labute approximate surface area is 221 Å². The minimum atomic E-state index is -0.249. The van der Waals surface area contributed by atoms with Crippen molar-refractivity contribution >= 4 is 33.6 Å². The van der Waals surface area contributed by atoms with Crippen LogP contribution in [0.2, 0.25) is 0 Å². The van der Waals surface area contributed by atoms with Crippen molar-refractivity contribution in [3.05, 3.63) is 90.5 Å². The van der Waals surface area contributed by atoms with Crippen molar-refractivity contribution in [2.45, 2.75) is 19.8 Å². The lowest BCUT2D eigenvalue weighted by molar-refractivity contribution is 0.400. The van der Waals surface area contributed by atoms with Crippen LogP contribution < -0.4 is 0 Å². The highest BCUT2D eigenvalue weighted by Crippen LogP contribution is 2.34. The summed E-state index contributed by atoms with van der Waals surface area (Å²) in [6.07, 6.45) is 8.86. The zero-order valence-corrected chi connectivity index (χ0v) is 21.9. The number of rotatable bonds is 9. The lowest BCUT2D eigenvalue weighted by atomic mass is 10.0. The van der Waals surface area contributed by atoms with Gasteiger partial charge in [-0.3, -0.25) is 15.1 Å². The van der Waals surface area contributed by atoms with Crippen molar-refractivity contribution in [2.75, 3.05) is 20.6 Å². The Morgan fingerprint density at radius 1 is 1.05 bits per heavy atom. The van der Waals surface area contributed by atoms with E-state index in [0.29, 0.717) is 0 Å². The molecule has 0 fully saturated rings. The monoisotopic (exact) mass is 506 g/mol. The number of H-pyrrole nitrogens is 2. The summed E-state index contributed by atoms with van der Waals surface area (Å²) >= 11 is 0. The summed E-state index contributed by atoms with van der Waals surface area (Å²) in [7, 11) is 4.09. The molecular weight excluding hydrogens is 475 g/mol. The van der Waals surface area contributed by atoms with E-state index < -0.39 is 0 Å². The van der Waals surface area contributed by atoms with Gasteiger partial charge in [0.25, 0.3) is 0 Å². The van der Waals surface area contributed by atoms with E-state index in [9.17, 15) is 4.39 Å². The topological polar surface area (TPSA) is 73.0 Å². The van der Waals surface area contributed by atoms with E-state index in [-0.39, 0.29) is 5.82 Å². The first-order valence-electron chi connectivity index (χ1n) is 12.7. The van der Waals surface area contributed by atoms with Crippen LogP contribution in [-0.4, -0.2) is 51.9 Å². The van der Waals surface area contributed by atoms with Crippen LogP contribution in [0.25, 0.3) is 50.0 Å². The van der Waals surface area contributed by atoms with Crippen molar-refractivity contribution in [2.24, 2.45) is 4.99 Å². The number of nitrogens with one attached hydrogen (secondary N) is 2. The molecule has 0 unspecified atom stereocenters. The lowest BCUT2D eigenvalue weighted by Gasteiger charge is -2.10. The maximum Gasteiger partial charge on any atom is 0.124 e. The van der Waals surface area contributed by atoms with Gasteiger partial charge in [-0.05, 0) is 99.6 Å². The first-order valence-corrected chi connectivity index (χ1v) is 12.7. The molecule has 5 rings (SSSR count). The molecule has 0 bridgehead atoms. The van der Waals surface area contributed by atoms with Crippen LogP contribution >= 0.6 is 0 Å². The van der Waals surface area contributed by atoms with Crippen LogP contribution in [0.1, 0.15) is 24.5 Å². The third-order valence-corrected chi connectivity index (χ3v) is 6.58. The summed E-state index contributed by atoms with van der Waals surface area (Å²) in [5, 5.41) is 9.64. The van der Waals surface area contributed by atoms with E-state index >= 15 is 0 Å². The van der Waals surface area contributed by atoms with Gasteiger partial charge in [0.05, 0.1) is 16.9 Å². The van der Waals surface area contributed by atoms with Gasteiger partial charge in [0.2, 0.25) is 0 Å². The Morgan fingerprint density at radius 2 is 1.89 bits per heavy atom. The van der Waals surface area contributed by atoms with Crippen LogP contribution in [0.4, 0.5) is 4.39 Å². The van der Waals surface area contributed by atoms with Crippen LogP contribution in [0, 0.1) is 5.82 Å². The highest BCUT2D eigenvalue weighted by Gasteiger charge is 2.16. The molecule has 38 heavy (non-hydrogen) atoms. The molecule has 0 saturated heterocycles. The van der Waals surface area contributed by atoms with Gasteiger partial charge in [-0.25, -0.2) is 4.39 Å². The second-order valence-corrected chi connectivity index (χ2v) is 9.59. The molecule has 7 heteroatoms. The number of aryl methyl sites for hydroxylation is 1. The molecule has 0 atom stereocenters. The van der Waals surface area contributed by atoms with Crippen LogP contribution in [0.3, 0.4) is 0 Å². The van der Waals surface area contributed by atoms with E-state index in [2.05, 4.69) is 42.7 Å². The summed E-state index contributed by atoms with van der Waals surface area (Å²) in [4.78, 5) is 14.5. The molecule has 192 valence electrons. The fourth-order valence-electron chi connectivity index (χ4n) is 4.74. The minimum Gasteiger partial charge on any atom is -0.353 e. The van der Waals surface area contributed by atoms with Gasteiger partial charge in [0.1, 0.15) is 11.5 Å². The number of aliphatic imine (C=N–C) groups is 1. The Balaban J connectivity index is 1.56. The van der Waals surface area contributed by atoms with Gasteiger partial charge in [-0.1, -0.05) is 18.7 Å². The number of pyridine rings is 1. The smallest absolute Gasteiger partial charge is 0.124 e. The van der Waals surface area contributed by atoms with Crippen LogP contribution in [0.5, 0.6) is 0 Å². The Morgan fingerprint density at radius 3 is 2.68 bits per heavy atom. The molecule has 3 aromatic heterocycles. The summed E-state index contributed by atoms with van der Waals surface area (Å²) in [6, 6.07) is 15.3. The molecule has 0 aliphatic rings. The second kappa shape index (κ2) is 10.9. The van der Waals surface area contributed by atoms with Crippen molar-refractivity contribution in [1.82, 2.24) is 25.1 Å². The van der Waals surface area contributed by atoms with E-state index in [1.807, 2.05) is 51.4 Å². The number of benzene rings is 2. The first-order chi connectivity index (χ1) is 18.5. The minimum absolute atomic E-state index is 0.249. The zero-order valence-electron chi connectivity index (χ0n) is 21.9. The second-order valence-electron chi connectivity index (χ2n) is 9.59. The van der Waals surface area contributed by atoms with Gasteiger partial charge >= 0.3 is 0 Å². The quantitative estimate of drug-likeness (QED) is 0.167. The number of hydrogen-bond donors (Lipinski definition) is 2. The fourth-order valence-corrected chi connectivity index (χ4v) is 4.74. The number of halogens is 1. The molecule has 2 aromatic carbocycles. The molecule has 2 N–H and O–H groups in total. The molecule has 0 aliphatic carbocycles. The zero-order chi connectivity index (χ0) is 26.6. The van der Waals surface area contributed by atoms with Gasteiger partial charge in [0, 0.05) is 40.5 Å². The molecule has 0 radical (unpaired) electrons. The van der Waals surface area contributed by atoms with Crippen LogP contribution in [0.15, 0.2) is 78.6 Å². The third kappa shape index (κ3) is 5.19. The number of nitrogens with zero attached hydrogens (tertiary/aromatic N) is 4. The van der Waals surface area contributed by atoms with Gasteiger partial charge in [0.15, 0.2) is 0 Å². The lowest BCUT2D eigenvalue weighted by Crippen LogP contribution is -2.13. The normalized spacial score (nSPS) is 12.4. The van der Waals surface area contributed by atoms with Crippen molar-refractivity contribution < 1.29 is 4.39 Å². The van der Waals surface area contributed by atoms with E-state index in [4.69, 9.17) is 0 Å². The van der Waals surface area contributed by atoms with Crippen molar-refractivity contribution in [3.8, 4) is 22.6 Å². The summed E-state index contributed by atoms with van der Waals surface area (Å²) in [5.41, 5.74) is 7.91. The Kier molecular flexibility index (Phi) is 7.29. The van der Waals surface area contributed by atoms with E-state index in [1.165, 1.54) is 0 Å². The molecule has 0 saturated carbocycles. The molecule has 5 aromatic rings. The standard InChI is InChI=1S/C31H31FN6/c1-5-21(19-33-6-2)22-9-10-28-25(17-22)31(37-36-28)29-18-26-27(35-29)11-12-34-30(26)23-14-20(15-24(32)16-23)8-7-13-38(3)4/h5-6,9-12,14-19,35H,1,7-8,13H2,2-4H3,(H,36,37)/b21-19+,33-6?. The first kappa shape index (κ1) is 25.3. The van der Waals surface area contributed by atoms with Gasteiger partial charge < -0.3 is 9.88 Å². The molecule has 3 heterocycles. The number of aromatic nitrogens is 4. The van der Waals surface area contributed by atoms with E-state index in [1.54, 1.807) is 36.8 Å². The van der Waals surface area contributed by atoms with Crippen molar-refractivity contribution in [1.29, 1.82) is 0 Å². The van der Waals surface area contributed by atoms with Gasteiger partial charge in [-0.15, -0.1) is 0 Å². The molecular formula is C31H31FN6. The molecule has 6 nitrogen and oxygen atoms in total. The average Bonchev–Trinajstić information content (AvgIpc) is 3.52. The Bertz CT molecular complexity index is 1670. The summed E-state index contributed by atoms with van der Waals surface area (Å²) < 4.78 is 14.6. The SMILES string of the molecule is C=C/C(=C\N=CC)c1ccc2[nH]nc(-c3cc4c(-c5cc(F)cc(CCCN(C)C)c5)nccc4[nH]3)c2c1. The summed E-state index contributed by atoms with van der Waals surface area (Å²) in [6.45, 7) is 6.77. The number of allylic oxidation sites excluding steroid dienone is 2. The molecule has 0 aliphatic heterocycles. The number of hydrogen-bond acceptors (Lipinski definition) is 4. The molecule has 0 spiro atoms. The highest BCUT2D eigenvalue weighted by atomic mass is 19.1. The predicted molar refractivity (Wildman–Crippen MR) is 156 cm³/mol. The van der Waals surface area contributed by atoms with Crippen LogP contribution in [-0.2, 0) is 6.42 Å². The number of aromatic amines is 2. The van der Waals surface area contributed by atoms with Crippen molar-refractivity contribution in [3.63, 3.8) is 0 Å². The predicted octanol–water partition coefficient (Wildman–Crippen LogP) is 7.02. The number of fused-ring (bicyclic) bond motifs is 2. The fraction of sp³-hybridized carbons (Fsp3) is 0.194.